The van der Waals surface area contributed by atoms with Crippen molar-refractivity contribution in [3.05, 3.63) is 30.1 Å². The van der Waals surface area contributed by atoms with Gasteiger partial charge in [-0.25, -0.2) is 9.18 Å². The number of nitrogens with zero attached hydrogens (tertiary/aromatic N) is 1. The highest BCUT2D eigenvalue weighted by atomic mass is 19.1. The van der Waals surface area contributed by atoms with Crippen molar-refractivity contribution in [2.75, 3.05) is 18.5 Å². The van der Waals surface area contributed by atoms with Crippen LogP contribution in [0.15, 0.2) is 24.3 Å². The third-order valence-corrected chi connectivity index (χ3v) is 4.40. The van der Waals surface area contributed by atoms with E-state index in [1.165, 1.54) is 18.2 Å². The van der Waals surface area contributed by atoms with E-state index in [0.717, 1.165) is 4.90 Å². The van der Waals surface area contributed by atoms with Crippen LogP contribution in [0.4, 0.5) is 14.9 Å². The Morgan fingerprint density at radius 3 is 2.43 bits per heavy atom. The van der Waals surface area contributed by atoms with Gasteiger partial charge in [0.25, 0.3) is 11.8 Å². The largest absolute Gasteiger partial charge is 0.454 e. The lowest BCUT2D eigenvalue weighted by atomic mass is 9.88. The molecular weight excluding hydrogens is 369 g/mol. The van der Waals surface area contributed by atoms with Gasteiger partial charge < -0.3 is 15.4 Å². The van der Waals surface area contributed by atoms with Crippen LogP contribution < -0.4 is 10.6 Å². The molecule has 0 atom stereocenters. The summed E-state index contributed by atoms with van der Waals surface area (Å²) in [6.07, 6.45) is 2.34. The molecule has 8 nitrogen and oxygen atoms in total. The van der Waals surface area contributed by atoms with Gasteiger partial charge in [-0.15, -0.1) is 0 Å². The zero-order chi connectivity index (χ0) is 20.7. The van der Waals surface area contributed by atoms with Crippen LogP contribution in [-0.2, 0) is 19.1 Å². The van der Waals surface area contributed by atoms with Crippen molar-refractivity contribution >= 4 is 29.5 Å². The Balaban J connectivity index is 1.90. The van der Waals surface area contributed by atoms with Crippen molar-refractivity contribution in [2.45, 2.75) is 45.1 Å². The topological polar surface area (TPSA) is 105 Å². The van der Waals surface area contributed by atoms with Gasteiger partial charge >= 0.3 is 12.0 Å². The van der Waals surface area contributed by atoms with Crippen LogP contribution in [0.25, 0.3) is 0 Å². The minimum Gasteiger partial charge on any atom is -0.454 e. The monoisotopic (exact) mass is 393 g/mol. The summed E-state index contributed by atoms with van der Waals surface area (Å²) in [6.45, 7) is 2.56. The number of nitrogens with one attached hydrogen (secondary N) is 2. The quantitative estimate of drug-likeness (QED) is 0.494. The molecule has 2 rings (SSSR count). The number of urea groups is 1. The number of benzene rings is 1. The third kappa shape index (κ3) is 4.85. The second-order valence-electron chi connectivity index (χ2n) is 6.59. The van der Waals surface area contributed by atoms with Crippen molar-refractivity contribution in [1.82, 2.24) is 10.2 Å². The summed E-state index contributed by atoms with van der Waals surface area (Å²) in [5.74, 6) is -2.73. The molecule has 0 saturated carbocycles. The fourth-order valence-electron chi connectivity index (χ4n) is 3.21. The Morgan fingerprint density at radius 2 is 1.82 bits per heavy atom. The standard InChI is InChI=1S/C19H24FN3O5/c1-3-9-19(10-4-2)17(26)23(18(27)22-19)11-16(25)28-12-15(24)21-14-8-6-5-7-13(14)20/h5-8H,3-4,9-12H2,1-2H3,(H,21,24)(H,22,27). The summed E-state index contributed by atoms with van der Waals surface area (Å²) in [6, 6.07) is 4.91. The van der Waals surface area contributed by atoms with E-state index in [9.17, 15) is 23.6 Å². The van der Waals surface area contributed by atoms with Crippen molar-refractivity contribution in [3.63, 3.8) is 0 Å². The summed E-state index contributed by atoms with van der Waals surface area (Å²) >= 11 is 0. The molecule has 1 aliphatic rings. The molecule has 1 saturated heterocycles. The minimum absolute atomic E-state index is 0.0402. The van der Waals surface area contributed by atoms with Crippen LogP contribution in [0, 0.1) is 5.82 Å². The van der Waals surface area contributed by atoms with Gasteiger partial charge in [0.1, 0.15) is 17.9 Å². The summed E-state index contributed by atoms with van der Waals surface area (Å²) in [4.78, 5) is 49.4. The maximum Gasteiger partial charge on any atom is 0.326 e. The zero-order valence-corrected chi connectivity index (χ0v) is 15.9. The molecular formula is C19H24FN3O5. The van der Waals surface area contributed by atoms with Gasteiger partial charge in [-0.2, -0.15) is 0 Å². The lowest BCUT2D eigenvalue weighted by molar-refractivity contribution is -0.150. The highest BCUT2D eigenvalue weighted by Crippen LogP contribution is 2.27. The number of para-hydroxylation sites is 1. The number of anilines is 1. The Hall–Kier alpha value is -2.97. The SMILES string of the molecule is CCCC1(CCC)NC(=O)N(CC(=O)OCC(=O)Nc2ccccc2F)C1=O. The number of carbonyl (C=O) groups is 4. The second-order valence-corrected chi connectivity index (χ2v) is 6.59. The van der Waals surface area contributed by atoms with Crippen LogP contribution in [-0.4, -0.2) is 47.4 Å². The predicted molar refractivity (Wildman–Crippen MR) is 98.8 cm³/mol. The predicted octanol–water partition coefficient (Wildman–Crippen LogP) is 2.20. The van der Waals surface area contributed by atoms with Crippen molar-refractivity contribution in [2.24, 2.45) is 0 Å². The molecule has 2 N–H and O–H groups in total. The Kier molecular flexibility index (Phi) is 7.08. The summed E-state index contributed by atoms with van der Waals surface area (Å²) < 4.78 is 18.3. The summed E-state index contributed by atoms with van der Waals surface area (Å²) in [7, 11) is 0. The Labute approximate surface area is 162 Å². The number of esters is 1. The number of amides is 4. The highest BCUT2D eigenvalue weighted by Gasteiger charge is 2.50. The molecule has 152 valence electrons. The molecule has 0 radical (unpaired) electrons. The van der Waals surface area contributed by atoms with E-state index in [4.69, 9.17) is 4.74 Å². The first-order valence-electron chi connectivity index (χ1n) is 9.17. The molecule has 4 amide bonds. The number of halogens is 1. The molecule has 1 aromatic rings. The number of carbonyl (C=O) groups excluding carboxylic acids is 4. The maximum atomic E-state index is 13.5. The average molecular weight is 393 g/mol. The second kappa shape index (κ2) is 9.29. The van der Waals surface area contributed by atoms with E-state index in [1.54, 1.807) is 6.07 Å². The van der Waals surface area contributed by atoms with E-state index in [2.05, 4.69) is 10.6 Å². The molecule has 0 aromatic heterocycles. The van der Waals surface area contributed by atoms with E-state index in [-0.39, 0.29) is 5.69 Å². The molecule has 0 unspecified atom stereocenters. The van der Waals surface area contributed by atoms with Gasteiger partial charge in [0.2, 0.25) is 0 Å². The van der Waals surface area contributed by atoms with Gasteiger partial charge in [-0.3, -0.25) is 19.3 Å². The molecule has 0 aliphatic carbocycles. The Bertz CT molecular complexity index is 762. The van der Waals surface area contributed by atoms with Crippen LogP contribution in [0.3, 0.4) is 0 Å². The Morgan fingerprint density at radius 1 is 1.18 bits per heavy atom. The fourth-order valence-corrected chi connectivity index (χ4v) is 3.21. The van der Waals surface area contributed by atoms with E-state index >= 15 is 0 Å². The first-order valence-corrected chi connectivity index (χ1v) is 9.17. The average Bonchev–Trinajstić information content (AvgIpc) is 2.87. The molecule has 0 spiro atoms. The molecule has 1 fully saturated rings. The van der Waals surface area contributed by atoms with E-state index in [1.807, 2.05) is 13.8 Å². The molecule has 1 heterocycles. The molecule has 1 aliphatic heterocycles. The van der Waals surface area contributed by atoms with Crippen LogP contribution >= 0.6 is 0 Å². The van der Waals surface area contributed by atoms with Gasteiger partial charge in [0, 0.05) is 0 Å². The van der Waals surface area contributed by atoms with Crippen molar-refractivity contribution in [3.8, 4) is 0 Å². The van der Waals surface area contributed by atoms with Gasteiger partial charge in [-0.1, -0.05) is 38.8 Å². The zero-order valence-electron chi connectivity index (χ0n) is 15.9. The van der Waals surface area contributed by atoms with Gasteiger partial charge in [0.15, 0.2) is 6.61 Å². The van der Waals surface area contributed by atoms with Crippen LogP contribution in [0.1, 0.15) is 39.5 Å². The van der Waals surface area contributed by atoms with E-state index < -0.39 is 48.3 Å². The first kappa shape index (κ1) is 21.3. The number of imide groups is 1. The fraction of sp³-hybridized carbons (Fsp3) is 0.474. The number of rotatable bonds is 9. The van der Waals surface area contributed by atoms with Crippen LogP contribution in [0.2, 0.25) is 0 Å². The summed E-state index contributed by atoms with van der Waals surface area (Å²) in [5, 5.41) is 4.96. The maximum absolute atomic E-state index is 13.5. The summed E-state index contributed by atoms with van der Waals surface area (Å²) in [5.41, 5.74) is -1.04. The van der Waals surface area contributed by atoms with Gasteiger partial charge in [-0.05, 0) is 25.0 Å². The van der Waals surface area contributed by atoms with E-state index in [0.29, 0.717) is 25.7 Å². The lowest BCUT2D eigenvalue weighted by Gasteiger charge is -2.25. The number of hydrogen-bond donors (Lipinski definition) is 2. The lowest BCUT2D eigenvalue weighted by Crippen LogP contribution is -2.47. The molecule has 0 bridgehead atoms. The number of hydrogen-bond acceptors (Lipinski definition) is 5. The molecule has 28 heavy (non-hydrogen) atoms. The van der Waals surface area contributed by atoms with Crippen molar-refractivity contribution < 1.29 is 28.3 Å². The smallest absolute Gasteiger partial charge is 0.326 e. The minimum atomic E-state index is -0.997. The highest BCUT2D eigenvalue weighted by molar-refractivity contribution is 6.08. The first-order chi connectivity index (χ1) is 13.3. The normalized spacial score (nSPS) is 15.3. The van der Waals surface area contributed by atoms with Crippen molar-refractivity contribution in [1.29, 1.82) is 0 Å². The van der Waals surface area contributed by atoms with Gasteiger partial charge in [0.05, 0.1) is 5.69 Å². The third-order valence-electron chi connectivity index (χ3n) is 4.40. The number of ether oxygens (including phenoxy) is 1. The molecule has 9 heteroatoms. The molecule has 1 aromatic carbocycles. The van der Waals surface area contributed by atoms with Crippen LogP contribution in [0.5, 0.6) is 0 Å².